The Kier molecular flexibility index (Phi) is 4.93. The van der Waals surface area contributed by atoms with Gasteiger partial charge in [0.05, 0.1) is 17.2 Å². The molecule has 0 radical (unpaired) electrons. The second-order valence-corrected chi connectivity index (χ2v) is 6.36. The molecule has 0 aromatic carbocycles. The molecule has 5 heteroatoms. The van der Waals surface area contributed by atoms with Crippen LogP contribution in [0.2, 0.25) is 0 Å². The van der Waals surface area contributed by atoms with Crippen LogP contribution in [0.4, 0.5) is 0 Å². The van der Waals surface area contributed by atoms with Gasteiger partial charge in [-0.05, 0) is 25.8 Å². The fourth-order valence-electron chi connectivity index (χ4n) is 2.42. The number of carbonyl (C=O) groups excluding carboxylic acids is 1. The van der Waals surface area contributed by atoms with Crippen molar-refractivity contribution in [2.45, 2.75) is 38.5 Å². The number of likely N-dealkylation sites (N-methyl/N-ethyl adjacent to an activating group) is 1. The van der Waals surface area contributed by atoms with Gasteiger partial charge in [0.2, 0.25) is 5.91 Å². The molecule has 1 atom stereocenters. The van der Waals surface area contributed by atoms with Gasteiger partial charge in [-0.2, -0.15) is 0 Å². The fourth-order valence-corrected chi connectivity index (χ4v) is 3.53. The van der Waals surface area contributed by atoms with Crippen LogP contribution in [0.15, 0.2) is 5.38 Å². The molecule has 0 spiro atoms. The van der Waals surface area contributed by atoms with E-state index in [1.54, 1.807) is 11.3 Å². The van der Waals surface area contributed by atoms with Gasteiger partial charge in [-0.1, -0.05) is 13.8 Å². The molecule has 1 aliphatic heterocycles. The van der Waals surface area contributed by atoms with Gasteiger partial charge in [0, 0.05) is 24.4 Å². The molecule has 106 valence electrons. The standard InChI is InChI=1S/C14H23N3OS/c1-10(2)12-9-19-14(16-12)11-5-4-6-17(8-11)13(18)7-15-3/h9-11,15H,4-8H2,1-3H3. The summed E-state index contributed by atoms with van der Waals surface area (Å²) in [6, 6.07) is 0. The molecule has 1 aromatic rings. The van der Waals surface area contributed by atoms with Crippen LogP contribution in [0.25, 0.3) is 0 Å². The Bertz CT molecular complexity index is 430. The van der Waals surface area contributed by atoms with Crippen LogP contribution in [0.3, 0.4) is 0 Å². The largest absolute Gasteiger partial charge is 0.341 e. The van der Waals surface area contributed by atoms with Gasteiger partial charge in [-0.25, -0.2) is 4.98 Å². The van der Waals surface area contributed by atoms with E-state index >= 15 is 0 Å². The SMILES string of the molecule is CNCC(=O)N1CCCC(c2nc(C(C)C)cs2)C1. The van der Waals surface area contributed by atoms with E-state index in [2.05, 4.69) is 24.5 Å². The van der Waals surface area contributed by atoms with Crippen molar-refractivity contribution >= 4 is 17.2 Å². The van der Waals surface area contributed by atoms with Crippen LogP contribution in [0.1, 0.15) is 49.2 Å². The second kappa shape index (κ2) is 6.48. The zero-order valence-corrected chi connectivity index (χ0v) is 12.8. The molecule has 0 aliphatic carbocycles. The minimum Gasteiger partial charge on any atom is -0.341 e. The molecule has 1 aliphatic rings. The monoisotopic (exact) mass is 281 g/mol. The maximum absolute atomic E-state index is 11.9. The number of nitrogens with zero attached hydrogens (tertiary/aromatic N) is 2. The summed E-state index contributed by atoms with van der Waals surface area (Å²) in [6.45, 7) is 6.48. The Morgan fingerprint density at radius 3 is 3.05 bits per heavy atom. The number of carbonyl (C=O) groups is 1. The van der Waals surface area contributed by atoms with E-state index in [0.717, 1.165) is 25.9 Å². The highest BCUT2D eigenvalue weighted by atomic mass is 32.1. The molecule has 4 nitrogen and oxygen atoms in total. The molecule has 1 saturated heterocycles. The first-order chi connectivity index (χ1) is 9.11. The first-order valence-corrected chi connectivity index (χ1v) is 7.87. The first-order valence-electron chi connectivity index (χ1n) is 6.99. The van der Waals surface area contributed by atoms with E-state index in [1.807, 2.05) is 11.9 Å². The topological polar surface area (TPSA) is 45.2 Å². The summed E-state index contributed by atoms with van der Waals surface area (Å²) < 4.78 is 0. The molecule has 2 rings (SSSR count). The van der Waals surface area contributed by atoms with Gasteiger partial charge in [-0.15, -0.1) is 11.3 Å². The Hall–Kier alpha value is -0.940. The lowest BCUT2D eigenvalue weighted by atomic mass is 9.98. The smallest absolute Gasteiger partial charge is 0.236 e. The van der Waals surface area contributed by atoms with Crippen molar-refractivity contribution in [1.82, 2.24) is 15.2 Å². The fraction of sp³-hybridized carbons (Fsp3) is 0.714. The summed E-state index contributed by atoms with van der Waals surface area (Å²) in [5.41, 5.74) is 1.18. The Morgan fingerprint density at radius 1 is 1.63 bits per heavy atom. The minimum atomic E-state index is 0.202. The number of piperidine rings is 1. The third-order valence-electron chi connectivity index (χ3n) is 3.58. The number of thiazole rings is 1. The van der Waals surface area contributed by atoms with Crippen molar-refractivity contribution < 1.29 is 4.79 Å². The number of hydrogen-bond donors (Lipinski definition) is 1. The van der Waals surface area contributed by atoms with E-state index < -0.39 is 0 Å². The van der Waals surface area contributed by atoms with Gasteiger partial charge >= 0.3 is 0 Å². The summed E-state index contributed by atoms with van der Waals surface area (Å²) in [7, 11) is 1.81. The number of amides is 1. The predicted molar refractivity (Wildman–Crippen MR) is 78.7 cm³/mol. The maximum Gasteiger partial charge on any atom is 0.236 e. The number of hydrogen-bond acceptors (Lipinski definition) is 4. The lowest BCUT2D eigenvalue weighted by molar-refractivity contribution is -0.131. The van der Waals surface area contributed by atoms with Crippen LogP contribution in [-0.4, -0.2) is 42.5 Å². The molecular weight excluding hydrogens is 258 g/mol. The van der Waals surface area contributed by atoms with Crippen LogP contribution in [0, 0.1) is 0 Å². The molecule has 0 saturated carbocycles. The number of rotatable bonds is 4. The average molecular weight is 281 g/mol. The normalized spacial score (nSPS) is 20.0. The number of nitrogens with one attached hydrogen (secondary N) is 1. The molecule has 1 amide bonds. The number of aromatic nitrogens is 1. The van der Waals surface area contributed by atoms with Crippen molar-refractivity contribution in [2.24, 2.45) is 0 Å². The zero-order chi connectivity index (χ0) is 13.8. The van der Waals surface area contributed by atoms with Crippen molar-refractivity contribution in [3.05, 3.63) is 16.1 Å². The van der Waals surface area contributed by atoms with Gasteiger partial charge < -0.3 is 10.2 Å². The first kappa shape index (κ1) is 14.5. The second-order valence-electron chi connectivity index (χ2n) is 5.47. The van der Waals surface area contributed by atoms with Crippen molar-refractivity contribution in [3.63, 3.8) is 0 Å². The maximum atomic E-state index is 11.9. The van der Waals surface area contributed by atoms with Gasteiger partial charge in [-0.3, -0.25) is 4.79 Å². The van der Waals surface area contributed by atoms with Gasteiger partial charge in [0.1, 0.15) is 0 Å². The van der Waals surface area contributed by atoms with Crippen LogP contribution in [-0.2, 0) is 4.79 Å². The third kappa shape index (κ3) is 3.54. The highest BCUT2D eigenvalue weighted by molar-refractivity contribution is 7.09. The molecule has 1 unspecified atom stereocenters. The predicted octanol–water partition coefficient (Wildman–Crippen LogP) is 2.19. The lowest BCUT2D eigenvalue weighted by Gasteiger charge is -2.31. The average Bonchev–Trinajstić information content (AvgIpc) is 2.89. The highest BCUT2D eigenvalue weighted by Gasteiger charge is 2.26. The third-order valence-corrected chi connectivity index (χ3v) is 4.61. The van der Waals surface area contributed by atoms with Gasteiger partial charge in [0.25, 0.3) is 0 Å². The molecule has 19 heavy (non-hydrogen) atoms. The van der Waals surface area contributed by atoms with E-state index in [1.165, 1.54) is 10.7 Å². The van der Waals surface area contributed by atoms with E-state index in [4.69, 9.17) is 4.98 Å². The Balaban J connectivity index is 2.02. The quantitative estimate of drug-likeness (QED) is 0.920. The lowest BCUT2D eigenvalue weighted by Crippen LogP contribution is -2.42. The summed E-state index contributed by atoms with van der Waals surface area (Å²) in [4.78, 5) is 18.6. The molecular formula is C14H23N3OS. The summed E-state index contributed by atoms with van der Waals surface area (Å²) in [6.07, 6.45) is 2.23. The van der Waals surface area contributed by atoms with Crippen molar-refractivity contribution in [3.8, 4) is 0 Å². The summed E-state index contributed by atoms with van der Waals surface area (Å²) in [5, 5.41) is 6.29. The Morgan fingerprint density at radius 2 is 2.42 bits per heavy atom. The molecule has 2 heterocycles. The van der Waals surface area contributed by atoms with E-state index in [9.17, 15) is 4.79 Å². The zero-order valence-electron chi connectivity index (χ0n) is 12.0. The molecule has 1 aromatic heterocycles. The van der Waals surface area contributed by atoms with Crippen LogP contribution in [0.5, 0.6) is 0 Å². The van der Waals surface area contributed by atoms with Crippen molar-refractivity contribution in [1.29, 1.82) is 0 Å². The van der Waals surface area contributed by atoms with Gasteiger partial charge in [0.15, 0.2) is 0 Å². The summed E-state index contributed by atoms with van der Waals surface area (Å²) >= 11 is 1.75. The minimum absolute atomic E-state index is 0.202. The molecule has 0 bridgehead atoms. The summed E-state index contributed by atoms with van der Waals surface area (Å²) in [5.74, 6) is 1.11. The Labute approximate surface area is 119 Å². The van der Waals surface area contributed by atoms with E-state index in [0.29, 0.717) is 18.4 Å². The highest BCUT2D eigenvalue weighted by Crippen LogP contribution is 2.30. The number of likely N-dealkylation sites (tertiary alicyclic amines) is 1. The van der Waals surface area contributed by atoms with Crippen LogP contribution < -0.4 is 5.32 Å². The van der Waals surface area contributed by atoms with Crippen molar-refractivity contribution in [2.75, 3.05) is 26.7 Å². The molecule has 1 fully saturated rings. The van der Waals surface area contributed by atoms with Crippen LogP contribution >= 0.6 is 11.3 Å². The van der Waals surface area contributed by atoms with E-state index in [-0.39, 0.29) is 5.91 Å². The molecule has 1 N–H and O–H groups in total.